The Kier molecular flexibility index (Phi) is 2.56. The minimum atomic E-state index is 1.06. The first-order valence-electron chi connectivity index (χ1n) is 4.99. The molecule has 0 bridgehead atoms. The fraction of sp³-hybridized carbons (Fsp3) is 0. The number of para-hydroxylation sites is 1. The van der Waals surface area contributed by atoms with Gasteiger partial charge >= 0.3 is 0 Å². The molecule has 3 heteroatoms. The van der Waals surface area contributed by atoms with Gasteiger partial charge in [0.1, 0.15) is 5.01 Å². The van der Waals surface area contributed by atoms with E-state index in [0.29, 0.717) is 0 Å². The van der Waals surface area contributed by atoms with E-state index in [1.807, 2.05) is 18.2 Å². The van der Waals surface area contributed by atoms with Crippen molar-refractivity contribution in [3.05, 3.63) is 51.7 Å². The van der Waals surface area contributed by atoms with Crippen molar-refractivity contribution in [3.8, 4) is 0 Å². The normalized spacial score (nSPS) is 11.5. The molecule has 2 aromatic heterocycles. The number of fused-ring (bicyclic) bond motifs is 1. The Morgan fingerprint density at radius 2 is 1.94 bits per heavy atom. The van der Waals surface area contributed by atoms with Crippen molar-refractivity contribution in [2.45, 2.75) is 0 Å². The molecule has 0 unspecified atom stereocenters. The molecule has 1 aromatic carbocycles. The molecule has 0 radical (unpaired) electrons. The number of aromatic nitrogens is 1. The summed E-state index contributed by atoms with van der Waals surface area (Å²) in [6.45, 7) is 0. The van der Waals surface area contributed by atoms with E-state index < -0.39 is 0 Å². The van der Waals surface area contributed by atoms with Crippen LogP contribution >= 0.6 is 22.7 Å². The minimum Gasteiger partial charge on any atom is -0.237 e. The topological polar surface area (TPSA) is 12.9 Å². The van der Waals surface area contributed by atoms with Crippen molar-refractivity contribution >= 4 is 45.0 Å². The third kappa shape index (κ3) is 1.92. The standard InChI is InChI=1S/C13H9NS2/c1-2-6-12-11(5-1)14-13(16-12)8-7-10-4-3-9-15-10/h1-9H/b8-7+. The van der Waals surface area contributed by atoms with E-state index in [2.05, 4.69) is 40.7 Å². The smallest absolute Gasteiger partial charge is 0.117 e. The van der Waals surface area contributed by atoms with Crippen molar-refractivity contribution in [2.24, 2.45) is 0 Å². The number of thiophene rings is 1. The Bertz CT molecular complexity index is 587. The number of rotatable bonds is 2. The first kappa shape index (κ1) is 9.75. The van der Waals surface area contributed by atoms with Crippen LogP contribution in [0.25, 0.3) is 22.4 Å². The van der Waals surface area contributed by atoms with Gasteiger partial charge in [-0.05, 0) is 35.7 Å². The molecule has 0 fully saturated rings. The lowest BCUT2D eigenvalue weighted by Gasteiger charge is -1.81. The highest BCUT2D eigenvalue weighted by atomic mass is 32.1. The summed E-state index contributed by atoms with van der Waals surface area (Å²) in [5.74, 6) is 0. The molecule has 1 nitrogen and oxygen atoms in total. The second-order valence-electron chi connectivity index (χ2n) is 3.37. The average Bonchev–Trinajstić information content (AvgIpc) is 2.95. The summed E-state index contributed by atoms with van der Waals surface area (Å²) in [5.41, 5.74) is 1.08. The molecule has 0 amide bonds. The number of hydrogen-bond acceptors (Lipinski definition) is 3. The zero-order chi connectivity index (χ0) is 10.8. The lowest BCUT2D eigenvalue weighted by atomic mass is 10.3. The number of nitrogens with zero attached hydrogens (tertiary/aromatic N) is 1. The van der Waals surface area contributed by atoms with Gasteiger partial charge in [0.2, 0.25) is 0 Å². The van der Waals surface area contributed by atoms with E-state index in [9.17, 15) is 0 Å². The molecule has 0 N–H and O–H groups in total. The van der Waals surface area contributed by atoms with Gasteiger partial charge in [-0.3, -0.25) is 0 Å². The van der Waals surface area contributed by atoms with E-state index in [1.165, 1.54) is 9.58 Å². The van der Waals surface area contributed by atoms with Crippen LogP contribution in [0, 0.1) is 0 Å². The zero-order valence-corrected chi connectivity index (χ0v) is 10.1. The second kappa shape index (κ2) is 4.20. The Hall–Kier alpha value is -1.45. The van der Waals surface area contributed by atoms with Gasteiger partial charge in [-0.15, -0.1) is 22.7 Å². The molecule has 0 aliphatic rings. The second-order valence-corrected chi connectivity index (χ2v) is 5.41. The van der Waals surface area contributed by atoms with Gasteiger partial charge < -0.3 is 0 Å². The maximum Gasteiger partial charge on any atom is 0.117 e. The van der Waals surface area contributed by atoms with Crippen LogP contribution in [0.2, 0.25) is 0 Å². The third-order valence-electron chi connectivity index (χ3n) is 2.24. The highest BCUT2D eigenvalue weighted by molar-refractivity contribution is 7.19. The molecule has 0 aliphatic heterocycles. The zero-order valence-electron chi connectivity index (χ0n) is 8.46. The summed E-state index contributed by atoms with van der Waals surface area (Å²) in [4.78, 5) is 5.81. The Morgan fingerprint density at radius 1 is 1.00 bits per heavy atom. The summed E-state index contributed by atoms with van der Waals surface area (Å²) in [7, 11) is 0. The molecule has 0 atom stereocenters. The van der Waals surface area contributed by atoms with Crippen molar-refractivity contribution in [1.29, 1.82) is 0 Å². The number of hydrogen-bond donors (Lipinski definition) is 0. The van der Waals surface area contributed by atoms with E-state index in [-0.39, 0.29) is 0 Å². The van der Waals surface area contributed by atoms with E-state index >= 15 is 0 Å². The molecule has 0 saturated carbocycles. The summed E-state index contributed by atoms with van der Waals surface area (Å²) < 4.78 is 1.24. The molecule has 0 spiro atoms. The summed E-state index contributed by atoms with van der Waals surface area (Å²) >= 11 is 3.46. The van der Waals surface area contributed by atoms with Crippen LogP contribution < -0.4 is 0 Å². The van der Waals surface area contributed by atoms with E-state index in [4.69, 9.17) is 0 Å². The number of benzene rings is 1. The van der Waals surface area contributed by atoms with Crippen molar-refractivity contribution in [3.63, 3.8) is 0 Å². The molecule has 3 rings (SSSR count). The van der Waals surface area contributed by atoms with Crippen molar-refractivity contribution in [2.75, 3.05) is 0 Å². The maximum atomic E-state index is 4.55. The Balaban J connectivity index is 1.95. The molecule has 78 valence electrons. The highest BCUT2D eigenvalue weighted by Crippen LogP contribution is 2.23. The monoisotopic (exact) mass is 243 g/mol. The Labute approximate surface area is 102 Å². The van der Waals surface area contributed by atoms with E-state index in [1.54, 1.807) is 22.7 Å². The van der Waals surface area contributed by atoms with E-state index in [0.717, 1.165) is 10.5 Å². The predicted octanol–water partition coefficient (Wildman–Crippen LogP) is 4.53. The predicted molar refractivity (Wildman–Crippen MR) is 72.9 cm³/mol. The first-order valence-corrected chi connectivity index (χ1v) is 6.68. The molecule has 2 heterocycles. The average molecular weight is 243 g/mol. The maximum absolute atomic E-state index is 4.55. The first-order chi connectivity index (χ1) is 7.92. The molecule has 16 heavy (non-hydrogen) atoms. The molecule has 0 aliphatic carbocycles. The van der Waals surface area contributed by atoms with Crippen LogP contribution in [0.5, 0.6) is 0 Å². The minimum absolute atomic E-state index is 1.06. The van der Waals surface area contributed by atoms with Gasteiger partial charge in [0.25, 0.3) is 0 Å². The third-order valence-corrected chi connectivity index (χ3v) is 4.08. The molecular weight excluding hydrogens is 234 g/mol. The van der Waals surface area contributed by atoms with Crippen molar-refractivity contribution in [1.82, 2.24) is 4.98 Å². The lowest BCUT2D eigenvalue weighted by Crippen LogP contribution is -1.67. The highest BCUT2D eigenvalue weighted by Gasteiger charge is 1.99. The van der Waals surface area contributed by atoms with Crippen LogP contribution in [-0.2, 0) is 0 Å². The summed E-state index contributed by atoms with van der Waals surface area (Å²) in [5, 5.41) is 3.15. The molecular formula is C13H9NS2. The Morgan fingerprint density at radius 3 is 2.75 bits per heavy atom. The van der Waals surface area contributed by atoms with Gasteiger partial charge in [0.05, 0.1) is 10.2 Å². The van der Waals surface area contributed by atoms with Crippen LogP contribution in [0.3, 0.4) is 0 Å². The van der Waals surface area contributed by atoms with Crippen LogP contribution in [0.15, 0.2) is 41.8 Å². The largest absolute Gasteiger partial charge is 0.237 e. The fourth-order valence-electron chi connectivity index (χ4n) is 1.50. The van der Waals surface area contributed by atoms with Gasteiger partial charge in [0, 0.05) is 4.88 Å². The number of thiazole rings is 1. The SMILES string of the molecule is C(=C\c1nc2ccccc2s1)/c1cccs1. The summed E-state index contributed by atoms with van der Waals surface area (Å²) in [6, 6.07) is 12.4. The molecule has 0 saturated heterocycles. The van der Waals surface area contributed by atoms with Gasteiger partial charge in [-0.1, -0.05) is 18.2 Å². The summed E-state index contributed by atoms with van der Waals surface area (Å²) in [6.07, 6.45) is 4.19. The quantitative estimate of drug-likeness (QED) is 0.644. The van der Waals surface area contributed by atoms with Gasteiger partial charge in [-0.25, -0.2) is 4.98 Å². The van der Waals surface area contributed by atoms with Crippen LogP contribution in [-0.4, -0.2) is 4.98 Å². The lowest BCUT2D eigenvalue weighted by molar-refractivity contribution is 1.47. The van der Waals surface area contributed by atoms with Crippen molar-refractivity contribution < 1.29 is 0 Å². The fourth-order valence-corrected chi connectivity index (χ4v) is 2.99. The van der Waals surface area contributed by atoms with Crippen LogP contribution in [0.4, 0.5) is 0 Å². The van der Waals surface area contributed by atoms with Gasteiger partial charge in [-0.2, -0.15) is 0 Å². The molecule has 3 aromatic rings. The van der Waals surface area contributed by atoms with Gasteiger partial charge in [0.15, 0.2) is 0 Å². The van der Waals surface area contributed by atoms with Crippen LogP contribution in [0.1, 0.15) is 9.88 Å².